The Labute approximate surface area is 130 Å². The maximum atomic E-state index is 12.2. The summed E-state index contributed by atoms with van der Waals surface area (Å²) in [5.74, 6) is -0.356. The Bertz CT molecular complexity index is 517. The van der Waals surface area contributed by atoms with Crippen molar-refractivity contribution in [2.45, 2.75) is 32.7 Å². The second-order valence-electron chi connectivity index (χ2n) is 5.40. The summed E-state index contributed by atoms with van der Waals surface area (Å²) < 4.78 is 15.3. The minimum atomic E-state index is -0.668. The quantitative estimate of drug-likeness (QED) is 0.781. The van der Waals surface area contributed by atoms with Crippen molar-refractivity contribution in [2.24, 2.45) is 0 Å². The third kappa shape index (κ3) is 4.65. The predicted octanol–water partition coefficient (Wildman–Crippen LogP) is 2.17. The monoisotopic (exact) mass is 309 g/mol. The van der Waals surface area contributed by atoms with Gasteiger partial charge in [-0.05, 0) is 32.4 Å². The molecule has 6 nitrogen and oxygen atoms in total. The number of hydrogen-bond donors (Lipinski definition) is 1. The van der Waals surface area contributed by atoms with Crippen LogP contribution in [0.1, 0.15) is 37.6 Å². The normalized spacial score (nSPS) is 10.8. The summed E-state index contributed by atoms with van der Waals surface area (Å²) in [6.45, 7) is 5.40. The van der Waals surface area contributed by atoms with Gasteiger partial charge in [-0.15, -0.1) is 0 Å². The molecule has 0 saturated carbocycles. The summed E-state index contributed by atoms with van der Waals surface area (Å²) in [5, 5.41) is 2.79. The molecule has 1 N–H and O–H groups in total. The molecule has 0 saturated heterocycles. The zero-order valence-corrected chi connectivity index (χ0v) is 13.7. The Hall–Kier alpha value is -2.24. The molecule has 0 heterocycles. The molecule has 0 aliphatic rings. The lowest BCUT2D eigenvalue weighted by molar-refractivity contribution is -0.125. The first-order chi connectivity index (χ1) is 10.3. The van der Waals surface area contributed by atoms with Gasteiger partial charge in [-0.2, -0.15) is 0 Å². The summed E-state index contributed by atoms with van der Waals surface area (Å²) in [5.41, 5.74) is -0.180. The van der Waals surface area contributed by atoms with Crippen LogP contribution in [-0.2, 0) is 9.53 Å². The van der Waals surface area contributed by atoms with Crippen molar-refractivity contribution in [1.82, 2.24) is 5.32 Å². The minimum absolute atomic E-state index is 0.162. The first-order valence-corrected chi connectivity index (χ1v) is 7.03. The number of hydrogen-bond acceptors (Lipinski definition) is 5. The van der Waals surface area contributed by atoms with E-state index in [1.54, 1.807) is 18.2 Å². The van der Waals surface area contributed by atoms with Crippen molar-refractivity contribution in [1.29, 1.82) is 0 Å². The maximum Gasteiger partial charge on any atom is 0.346 e. The Morgan fingerprint density at radius 2 is 1.68 bits per heavy atom. The van der Waals surface area contributed by atoms with E-state index < -0.39 is 5.97 Å². The second-order valence-corrected chi connectivity index (χ2v) is 5.40. The first kappa shape index (κ1) is 17.8. The van der Waals surface area contributed by atoms with Gasteiger partial charge in [0.05, 0.1) is 14.2 Å². The lowest BCUT2D eigenvalue weighted by Crippen LogP contribution is -2.44. The molecule has 0 spiro atoms. The van der Waals surface area contributed by atoms with E-state index in [0.29, 0.717) is 11.5 Å². The number of methoxy groups -OCH3 is 2. The van der Waals surface area contributed by atoms with Crippen molar-refractivity contribution in [3.8, 4) is 11.5 Å². The van der Waals surface area contributed by atoms with Gasteiger partial charge < -0.3 is 19.5 Å². The van der Waals surface area contributed by atoms with Crippen molar-refractivity contribution < 1.29 is 23.8 Å². The molecule has 122 valence electrons. The number of esters is 1. The summed E-state index contributed by atoms with van der Waals surface area (Å²) in [7, 11) is 2.89. The summed E-state index contributed by atoms with van der Waals surface area (Å²) in [6.07, 6.45) is 0.771. The molecule has 1 aromatic carbocycles. The van der Waals surface area contributed by atoms with Gasteiger partial charge in [0.25, 0.3) is 5.91 Å². The van der Waals surface area contributed by atoms with Crippen molar-refractivity contribution in [3.05, 3.63) is 23.8 Å². The van der Waals surface area contributed by atoms with Gasteiger partial charge in [-0.25, -0.2) is 4.79 Å². The Morgan fingerprint density at radius 3 is 2.14 bits per heavy atom. The molecular weight excluding hydrogens is 286 g/mol. The van der Waals surface area contributed by atoms with E-state index in [9.17, 15) is 9.59 Å². The number of rotatable bonds is 7. The fourth-order valence-electron chi connectivity index (χ4n) is 1.76. The molecule has 1 rings (SSSR count). The molecule has 1 amide bonds. The molecule has 0 unspecified atom stereocenters. The Morgan fingerprint density at radius 1 is 1.14 bits per heavy atom. The van der Waals surface area contributed by atoms with Crippen molar-refractivity contribution in [2.75, 3.05) is 20.8 Å². The van der Waals surface area contributed by atoms with Crippen LogP contribution in [0.15, 0.2) is 18.2 Å². The highest BCUT2D eigenvalue weighted by Gasteiger charge is 2.22. The van der Waals surface area contributed by atoms with Gasteiger partial charge in [0.1, 0.15) is 17.1 Å². The van der Waals surface area contributed by atoms with Crippen LogP contribution in [0.2, 0.25) is 0 Å². The van der Waals surface area contributed by atoms with Crippen molar-refractivity contribution >= 4 is 11.9 Å². The van der Waals surface area contributed by atoms with Gasteiger partial charge in [0.2, 0.25) is 0 Å². The number of carbonyl (C=O) groups excluding carboxylic acids is 2. The van der Waals surface area contributed by atoms with E-state index >= 15 is 0 Å². The lowest BCUT2D eigenvalue weighted by atomic mass is 10.0. The fourth-order valence-corrected chi connectivity index (χ4v) is 1.76. The van der Waals surface area contributed by atoms with Crippen LogP contribution < -0.4 is 14.8 Å². The molecule has 0 bridgehead atoms. The molecule has 0 radical (unpaired) electrons. The number of nitrogens with one attached hydrogen (secondary N) is 1. The van der Waals surface area contributed by atoms with Crippen molar-refractivity contribution in [3.63, 3.8) is 0 Å². The van der Waals surface area contributed by atoms with E-state index in [1.165, 1.54) is 14.2 Å². The lowest BCUT2D eigenvalue weighted by Gasteiger charge is -2.24. The zero-order valence-electron chi connectivity index (χ0n) is 13.7. The molecule has 0 aliphatic carbocycles. The third-order valence-corrected chi connectivity index (χ3v) is 3.33. The molecule has 0 aliphatic heterocycles. The van der Waals surface area contributed by atoms with Gasteiger partial charge in [-0.3, -0.25) is 4.79 Å². The van der Waals surface area contributed by atoms with Crippen LogP contribution in [0.25, 0.3) is 0 Å². The smallest absolute Gasteiger partial charge is 0.346 e. The predicted molar refractivity (Wildman–Crippen MR) is 82.3 cm³/mol. The molecule has 0 atom stereocenters. The fraction of sp³-hybridized carbons (Fsp3) is 0.500. The highest BCUT2D eigenvalue weighted by Crippen LogP contribution is 2.28. The largest absolute Gasteiger partial charge is 0.496 e. The number of ether oxygens (including phenoxy) is 3. The summed E-state index contributed by atoms with van der Waals surface area (Å²) >= 11 is 0. The van der Waals surface area contributed by atoms with E-state index in [4.69, 9.17) is 14.2 Å². The number of benzene rings is 1. The second kappa shape index (κ2) is 7.68. The molecule has 1 aromatic rings. The van der Waals surface area contributed by atoms with Gasteiger partial charge >= 0.3 is 5.97 Å². The molecule has 22 heavy (non-hydrogen) atoms. The molecular formula is C16H23NO5. The van der Waals surface area contributed by atoms with Crippen LogP contribution in [0, 0.1) is 0 Å². The van der Waals surface area contributed by atoms with Gasteiger partial charge in [0, 0.05) is 5.54 Å². The SMILES string of the molecule is CCC(C)(C)NC(=O)COC(=O)c1c(OC)cccc1OC. The minimum Gasteiger partial charge on any atom is -0.496 e. The molecule has 0 fully saturated rings. The topological polar surface area (TPSA) is 73.9 Å². The average Bonchev–Trinajstić information content (AvgIpc) is 2.51. The Balaban J connectivity index is 2.76. The summed E-state index contributed by atoms with van der Waals surface area (Å²) in [4.78, 5) is 24.0. The molecule has 6 heteroatoms. The van der Waals surface area contributed by atoms with Gasteiger partial charge in [0.15, 0.2) is 6.61 Å². The summed E-state index contributed by atoms with van der Waals surface area (Å²) in [6, 6.07) is 4.95. The van der Waals surface area contributed by atoms with Crippen LogP contribution in [0.5, 0.6) is 11.5 Å². The van der Waals surface area contributed by atoms with E-state index in [1.807, 2.05) is 20.8 Å². The third-order valence-electron chi connectivity index (χ3n) is 3.33. The van der Waals surface area contributed by atoms with E-state index in [2.05, 4.69) is 5.32 Å². The zero-order chi connectivity index (χ0) is 16.8. The van der Waals surface area contributed by atoms with E-state index in [-0.39, 0.29) is 23.6 Å². The van der Waals surface area contributed by atoms with Crippen LogP contribution >= 0.6 is 0 Å². The van der Waals surface area contributed by atoms with Crippen LogP contribution in [0.3, 0.4) is 0 Å². The highest BCUT2D eigenvalue weighted by atomic mass is 16.5. The van der Waals surface area contributed by atoms with Crippen LogP contribution in [-0.4, -0.2) is 38.2 Å². The highest BCUT2D eigenvalue weighted by molar-refractivity contribution is 5.96. The molecule has 0 aromatic heterocycles. The number of carbonyl (C=O) groups is 2. The maximum absolute atomic E-state index is 12.2. The van der Waals surface area contributed by atoms with E-state index in [0.717, 1.165) is 6.42 Å². The first-order valence-electron chi connectivity index (χ1n) is 7.03. The number of amides is 1. The average molecular weight is 309 g/mol. The Kier molecular flexibility index (Phi) is 6.22. The van der Waals surface area contributed by atoms with Gasteiger partial charge in [-0.1, -0.05) is 13.0 Å². The van der Waals surface area contributed by atoms with Crippen LogP contribution in [0.4, 0.5) is 0 Å². The standard InChI is InChI=1S/C16H23NO5/c1-6-16(2,3)17-13(18)10-22-15(19)14-11(20-4)8-7-9-12(14)21-5/h7-9H,6,10H2,1-5H3,(H,17,18).